The summed E-state index contributed by atoms with van der Waals surface area (Å²) in [6.45, 7) is 5.67. The Morgan fingerprint density at radius 1 is 0.929 bits per heavy atom. The van der Waals surface area contributed by atoms with E-state index in [0.29, 0.717) is 52.2 Å². The van der Waals surface area contributed by atoms with Crippen LogP contribution in [0.3, 0.4) is 0 Å². The van der Waals surface area contributed by atoms with Gasteiger partial charge < -0.3 is 35.0 Å². The van der Waals surface area contributed by atoms with Crippen LogP contribution in [0.5, 0.6) is 0 Å². The first-order valence-corrected chi connectivity index (χ1v) is 14.3. The third kappa shape index (κ3) is 7.46. The van der Waals surface area contributed by atoms with Crippen LogP contribution in [0.4, 0.5) is 4.79 Å². The number of piperidine rings is 1. The number of amides is 4. The van der Waals surface area contributed by atoms with Gasteiger partial charge in [0, 0.05) is 26.2 Å². The number of hydrogen-bond donors (Lipinski definition) is 3. The zero-order valence-electron chi connectivity index (χ0n) is 24.2. The van der Waals surface area contributed by atoms with Gasteiger partial charge in [0.15, 0.2) is 0 Å². The number of carbonyl (C=O) groups excluding carboxylic acids is 3. The molecular formula is C31H40N4O7. The molecule has 0 radical (unpaired) electrons. The van der Waals surface area contributed by atoms with Crippen molar-refractivity contribution in [2.75, 3.05) is 46.0 Å². The number of benzene rings is 2. The van der Waals surface area contributed by atoms with Gasteiger partial charge in [0.05, 0.1) is 31.8 Å². The van der Waals surface area contributed by atoms with Gasteiger partial charge in [0.2, 0.25) is 17.7 Å². The second-order valence-corrected chi connectivity index (χ2v) is 11.3. The van der Waals surface area contributed by atoms with Crippen molar-refractivity contribution in [3.05, 3.63) is 71.8 Å². The highest BCUT2D eigenvalue weighted by Crippen LogP contribution is 2.38. The number of ether oxygens (including phenoxy) is 2. The smallest absolute Gasteiger partial charge is 0.405 e. The molecule has 42 heavy (non-hydrogen) atoms. The van der Waals surface area contributed by atoms with Gasteiger partial charge in [-0.3, -0.25) is 14.4 Å². The Kier molecular flexibility index (Phi) is 10.2. The summed E-state index contributed by atoms with van der Waals surface area (Å²) in [5, 5.41) is 14.1. The predicted octanol–water partition coefficient (Wildman–Crippen LogP) is 2.15. The lowest BCUT2D eigenvalue weighted by molar-refractivity contribution is -0.147. The summed E-state index contributed by atoms with van der Waals surface area (Å²) in [5.41, 5.74) is -0.411. The van der Waals surface area contributed by atoms with Crippen molar-refractivity contribution in [2.24, 2.45) is 0 Å². The van der Waals surface area contributed by atoms with Gasteiger partial charge >= 0.3 is 6.09 Å². The van der Waals surface area contributed by atoms with Crippen LogP contribution in [-0.4, -0.2) is 96.3 Å². The van der Waals surface area contributed by atoms with E-state index in [1.54, 1.807) is 4.90 Å². The standard InChI is InChI=1S/C31H40N4O7/c1-30(2,33-29(39)40)27(37)32-25(22-42-21-23-9-5-3-6-10-23)26(36)34-15-13-31(14-16-34,24-11-7-4-8-12-24)28(38)35-17-19-41-20-18-35/h3-12,25,33H,13-22H2,1-2H3,(H,32,37)(H,39,40). The molecule has 2 fully saturated rings. The van der Waals surface area contributed by atoms with E-state index < -0.39 is 29.0 Å². The number of nitrogens with one attached hydrogen (secondary N) is 2. The lowest BCUT2D eigenvalue weighted by Gasteiger charge is -2.45. The van der Waals surface area contributed by atoms with Crippen molar-refractivity contribution in [2.45, 2.75) is 50.3 Å². The second-order valence-electron chi connectivity index (χ2n) is 11.3. The largest absolute Gasteiger partial charge is 0.465 e. The number of nitrogens with zero attached hydrogens (tertiary/aromatic N) is 2. The van der Waals surface area contributed by atoms with Crippen LogP contribution in [0.25, 0.3) is 0 Å². The van der Waals surface area contributed by atoms with Gasteiger partial charge in [-0.2, -0.15) is 0 Å². The molecule has 2 aromatic rings. The highest BCUT2D eigenvalue weighted by atomic mass is 16.5. The maximum absolute atomic E-state index is 13.9. The van der Waals surface area contributed by atoms with Crippen LogP contribution in [0.15, 0.2) is 60.7 Å². The quantitative estimate of drug-likeness (QED) is 0.392. The van der Waals surface area contributed by atoms with Gasteiger partial charge in [-0.25, -0.2) is 4.79 Å². The van der Waals surface area contributed by atoms with Crippen LogP contribution in [-0.2, 0) is 35.9 Å². The van der Waals surface area contributed by atoms with E-state index in [0.717, 1.165) is 11.1 Å². The van der Waals surface area contributed by atoms with Crippen molar-refractivity contribution in [1.29, 1.82) is 0 Å². The Morgan fingerprint density at radius 2 is 1.52 bits per heavy atom. The molecule has 1 unspecified atom stereocenters. The van der Waals surface area contributed by atoms with Crippen LogP contribution in [0.2, 0.25) is 0 Å². The van der Waals surface area contributed by atoms with E-state index in [1.165, 1.54) is 13.8 Å². The summed E-state index contributed by atoms with van der Waals surface area (Å²) in [5.74, 6) is -0.950. The average Bonchev–Trinajstić information content (AvgIpc) is 3.00. The van der Waals surface area contributed by atoms with Gasteiger partial charge in [-0.15, -0.1) is 0 Å². The fourth-order valence-electron chi connectivity index (χ4n) is 5.49. The second kappa shape index (κ2) is 13.8. The van der Waals surface area contributed by atoms with Gasteiger partial charge in [-0.05, 0) is 37.8 Å². The molecule has 11 heteroatoms. The van der Waals surface area contributed by atoms with Gasteiger partial charge in [0.1, 0.15) is 11.6 Å². The molecule has 2 aliphatic rings. The average molecular weight is 581 g/mol. The fourth-order valence-corrected chi connectivity index (χ4v) is 5.49. The van der Waals surface area contributed by atoms with Crippen molar-refractivity contribution in [3.63, 3.8) is 0 Å². The van der Waals surface area contributed by atoms with E-state index in [1.807, 2.05) is 65.6 Å². The van der Waals surface area contributed by atoms with Gasteiger partial charge in [-0.1, -0.05) is 60.7 Å². The van der Waals surface area contributed by atoms with Crippen molar-refractivity contribution < 1.29 is 33.8 Å². The molecule has 3 N–H and O–H groups in total. The highest BCUT2D eigenvalue weighted by Gasteiger charge is 2.46. The summed E-state index contributed by atoms with van der Waals surface area (Å²) in [4.78, 5) is 55.6. The molecule has 2 aromatic carbocycles. The van der Waals surface area contributed by atoms with Gasteiger partial charge in [0.25, 0.3) is 0 Å². The maximum atomic E-state index is 13.9. The molecule has 0 bridgehead atoms. The first kappa shape index (κ1) is 31.0. The Bertz CT molecular complexity index is 1220. The summed E-state index contributed by atoms with van der Waals surface area (Å²) in [6, 6.07) is 18.1. The van der Waals surface area contributed by atoms with E-state index in [9.17, 15) is 19.2 Å². The third-order valence-corrected chi connectivity index (χ3v) is 7.95. The topological polar surface area (TPSA) is 138 Å². The summed E-state index contributed by atoms with van der Waals surface area (Å²) < 4.78 is 11.3. The van der Waals surface area contributed by atoms with Crippen molar-refractivity contribution >= 4 is 23.8 Å². The molecule has 11 nitrogen and oxygen atoms in total. The molecule has 4 rings (SSSR count). The number of carboxylic acid groups (broad SMARTS) is 1. The minimum atomic E-state index is -1.47. The number of rotatable bonds is 10. The van der Waals surface area contributed by atoms with Crippen LogP contribution in [0, 0.1) is 0 Å². The number of morpholine rings is 1. The van der Waals surface area contributed by atoms with E-state index in [2.05, 4.69) is 10.6 Å². The lowest BCUT2D eigenvalue weighted by Crippen LogP contribution is -2.61. The first-order chi connectivity index (χ1) is 20.1. The lowest BCUT2D eigenvalue weighted by atomic mass is 9.71. The molecule has 0 aliphatic carbocycles. The SMILES string of the molecule is CC(C)(NC(=O)O)C(=O)NC(COCc1ccccc1)C(=O)N1CCC(C(=O)N2CCOCC2)(c2ccccc2)CC1. The zero-order valence-corrected chi connectivity index (χ0v) is 24.2. The van der Waals surface area contributed by atoms with Crippen LogP contribution >= 0.6 is 0 Å². The van der Waals surface area contributed by atoms with Crippen molar-refractivity contribution in [3.8, 4) is 0 Å². The van der Waals surface area contributed by atoms with Crippen LogP contribution < -0.4 is 10.6 Å². The molecule has 2 saturated heterocycles. The molecule has 4 amide bonds. The molecule has 0 aromatic heterocycles. The summed E-state index contributed by atoms with van der Waals surface area (Å²) in [6.07, 6.45) is -0.496. The van der Waals surface area contributed by atoms with E-state index in [4.69, 9.17) is 14.6 Å². The monoisotopic (exact) mass is 580 g/mol. The minimum absolute atomic E-state index is 0.0432. The molecule has 0 saturated carbocycles. The third-order valence-electron chi connectivity index (χ3n) is 7.95. The molecule has 226 valence electrons. The molecular weight excluding hydrogens is 540 g/mol. The van der Waals surface area contributed by atoms with E-state index in [-0.39, 0.29) is 25.0 Å². The number of carbonyl (C=O) groups is 4. The number of hydrogen-bond acceptors (Lipinski definition) is 6. The Morgan fingerprint density at radius 3 is 2.12 bits per heavy atom. The molecule has 0 spiro atoms. The molecule has 2 heterocycles. The molecule has 2 aliphatic heterocycles. The summed E-state index contributed by atoms with van der Waals surface area (Å²) in [7, 11) is 0. The Hall–Kier alpha value is -3.96. The highest BCUT2D eigenvalue weighted by molar-refractivity contribution is 5.94. The fraction of sp³-hybridized carbons (Fsp3) is 0.484. The van der Waals surface area contributed by atoms with Crippen molar-refractivity contribution in [1.82, 2.24) is 20.4 Å². The first-order valence-electron chi connectivity index (χ1n) is 14.3. The Labute approximate surface area is 246 Å². The summed E-state index contributed by atoms with van der Waals surface area (Å²) >= 11 is 0. The zero-order chi connectivity index (χ0) is 30.2. The maximum Gasteiger partial charge on any atom is 0.405 e. The predicted molar refractivity (Wildman–Crippen MR) is 155 cm³/mol. The van der Waals surface area contributed by atoms with E-state index >= 15 is 0 Å². The Balaban J connectivity index is 1.50. The normalized spacial score (nSPS) is 17.7. The van der Waals surface area contributed by atoms with Crippen LogP contribution in [0.1, 0.15) is 37.8 Å². The minimum Gasteiger partial charge on any atom is -0.465 e. The number of likely N-dealkylation sites (tertiary alicyclic amines) is 1. The molecule has 1 atom stereocenters.